The zero-order valence-electron chi connectivity index (χ0n) is 9.88. The van der Waals surface area contributed by atoms with Gasteiger partial charge in [0.25, 0.3) is 0 Å². The van der Waals surface area contributed by atoms with Crippen molar-refractivity contribution >= 4 is 5.91 Å². The van der Waals surface area contributed by atoms with Crippen molar-refractivity contribution in [3.05, 3.63) is 42.4 Å². The lowest BCUT2D eigenvalue weighted by Crippen LogP contribution is -2.30. The summed E-state index contributed by atoms with van der Waals surface area (Å²) in [6.07, 6.45) is 5.07. The predicted molar refractivity (Wildman–Crippen MR) is 62.2 cm³/mol. The van der Waals surface area contributed by atoms with Gasteiger partial charge >= 0.3 is 0 Å². The number of imidazole rings is 1. The molecule has 0 aliphatic heterocycles. The van der Waals surface area contributed by atoms with Crippen LogP contribution < -0.4 is 5.32 Å². The minimum Gasteiger partial charge on any atom is -0.467 e. The molecule has 0 radical (unpaired) electrons. The molecular formula is C12H15N3O2. The molecule has 1 unspecified atom stereocenters. The minimum absolute atomic E-state index is 0.0532. The number of nitrogens with zero attached hydrogens (tertiary/aromatic N) is 2. The molecule has 0 saturated heterocycles. The van der Waals surface area contributed by atoms with Crippen molar-refractivity contribution in [2.75, 3.05) is 0 Å². The quantitative estimate of drug-likeness (QED) is 0.873. The SMILES string of the molecule is Cc1nccn1C(C)C(=O)NCc1ccco1. The summed E-state index contributed by atoms with van der Waals surface area (Å²) in [5.41, 5.74) is 0. The van der Waals surface area contributed by atoms with Gasteiger partial charge in [-0.3, -0.25) is 4.79 Å². The summed E-state index contributed by atoms with van der Waals surface area (Å²) >= 11 is 0. The third-order valence-corrected chi connectivity index (χ3v) is 2.68. The van der Waals surface area contributed by atoms with Crippen LogP contribution in [0.15, 0.2) is 35.2 Å². The van der Waals surface area contributed by atoms with E-state index in [0.29, 0.717) is 6.54 Å². The van der Waals surface area contributed by atoms with E-state index in [4.69, 9.17) is 4.42 Å². The first-order valence-electron chi connectivity index (χ1n) is 5.48. The Morgan fingerprint density at radius 1 is 1.65 bits per heavy atom. The fourth-order valence-corrected chi connectivity index (χ4v) is 1.66. The van der Waals surface area contributed by atoms with Gasteiger partial charge in [-0.2, -0.15) is 0 Å². The number of hydrogen-bond donors (Lipinski definition) is 1. The second-order valence-electron chi connectivity index (χ2n) is 3.85. The normalized spacial score (nSPS) is 12.4. The molecule has 17 heavy (non-hydrogen) atoms. The summed E-state index contributed by atoms with van der Waals surface area (Å²) in [6.45, 7) is 4.12. The summed E-state index contributed by atoms with van der Waals surface area (Å²) in [6, 6.07) is 3.35. The van der Waals surface area contributed by atoms with Crippen molar-refractivity contribution in [3.63, 3.8) is 0 Å². The molecule has 1 N–H and O–H groups in total. The smallest absolute Gasteiger partial charge is 0.243 e. The van der Waals surface area contributed by atoms with Gasteiger partial charge in [-0.1, -0.05) is 0 Å². The molecule has 5 heteroatoms. The van der Waals surface area contributed by atoms with Crippen LogP contribution in [-0.4, -0.2) is 15.5 Å². The average molecular weight is 233 g/mol. The molecule has 5 nitrogen and oxygen atoms in total. The zero-order valence-corrected chi connectivity index (χ0v) is 9.88. The topological polar surface area (TPSA) is 60.1 Å². The minimum atomic E-state index is -0.271. The summed E-state index contributed by atoms with van der Waals surface area (Å²) < 4.78 is 6.98. The van der Waals surface area contributed by atoms with E-state index >= 15 is 0 Å². The summed E-state index contributed by atoms with van der Waals surface area (Å²) in [5, 5.41) is 2.82. The van der Waals surface area contributed by atoms with Crippen LogP contribution in [0, 0.1) is 6.92 Å². The molecule has 1 amide bonds. The van der Waals surface area contributed by atoms with Gasteiger partial charge in [0.15, 0.2) is 0 Å². The summed E-state index contributed by atoms with van der Waals surface area (Å²) in [5.74, 6) is 1.51. The number of hydrogen-bond acceptors (Lipinski definition) is 3. The van der Waals surface area contributed by atoms with Crippen LogP contribution in [0.5, 0.6) is 0 Å². The molecule has 0 saturated carbocycles. The number of carbonyl (C=O) groups excluding carboxylic acids is 1. The highest BCUT2D eigenvalue weighted by atomic mass is 16.3. The Bertz CT molecular complexity index is 488. The Kier molecular flexibility index (Phi) is 3.27. The van der Waals surface area contributed by atoms with Gasteiger partial charge in [0.05, 0.1) is 12.8 Å². The Hall–Kier alpha value is -2.04. The average Bonchev–Trinajstić information content (AvgIpc) is 2.95. The highest BCUT2D eigenvalue weighted by Gasteiger charge is 2.15. The number of carbonyl (C=O) groups is 1. The van der Waals surface area contributed by atoms with Crippen LogP contribution in [0.25, 0.3) is 0 Å². The van der Waals surface area contributed by atoms with Crippen LogP contribution in [0.3, 0.4) is 0 Å². The van der Waals surface area contributed by atoms with E-state index in [9.17, 15) is 4.79 Å². The maximum atomic E-state index is 11.9. The van der Waals surface area contributed by atoms with Crippen molar-refractivity contribution in [1.29, 1.82) is 0 Å². The van der Waals surface area contributed by atoms with Gasteiger partial charge in [0.2, 0.25) is 5.91 Å². The maximum absolute atomic E-state index is 11.9. The number of furan rings is 1. The largest absolute Gasteiger partial charge is 0.467 e. The highest BCUT2D eigenvalue weighted by molar-refractivity contribution is 5.79. The third-order valence-electron chi connectivity index (χ3n) is 2.68. The summed E-state index contributed by atoms with van der Waals surface area (Å²) in [7, 11) is 0. The molecule has 0 spiro atoms. The van der Waals surface area contributed by atoms with Crippen LogP contribution >= 0.6 is 0 Å². The fraction of sp³-hybridized carbons (Fsp3) is 0.333. The molecule has 2 rings (SSSR count). The molecule has 0 fully saturated rings. The van der Waals surface area contributed by atoms with E-state index in [2.05, 4.69) is 10.3 Å². The van der Waals surface area contributed by atoms with E-state index in [0.717, 1.165) is 11.6 Å². The maximum Gasteiger partial charge on any atom is 0.243 e. The molecular weight excluding hydrogens is 218 g/mol. The van der Waals surface area contributed by atoms with Gasteiger partial charge in [-0.25, -0.2) is 4.98 Å². The number of aryl methyl sites for hydroxylation is 1. The number of rotatable bonds is 4. The van der Waals surface area contributed by atoms with E-state index in [1.54, 1.807) is 24.7 Å². The van der Waals surface area contributed by atoms with Gasteiger partial charge in [-0.15, -0.1) is 0 Å². The van der Waals surface area contributed by atoms with Crippen LogP contribution in [0.2, 0.25) is 0 Å². The first kappa shape index (κ1) is 11.4. The molecule has 0 aromatic carbocycles. The van der Waals surface area contributed by atoms with Crippen molar-refractivity contribution in [3.8, 4) is 0 Å². The lowest BCUT2D eigenvalue weighted by Gasteiger charge is -2.14. The van der Waals surface area contributed by atoms with Gasteiger partial charge in [0.1, 0.15) is 17.6 Å². The standard InChI is InChI=1S/C12H15N3O2/c1-9(15-6-5-13-10(15)2)12(16)14-8-11-4-3-7-17-11/h3-7,9H,8H2,1-2H3,(H,14,16). The Labute approximate surface area is 99.5 Å². The number of aromatic nitrogens is 2. The number of amides is 1. The van der Waals surface area contributed by atoms with Crippen molar-refractivity contribution < 1.29 is 9.21 Å². The number of nitrogens with one attached hydrogen (secondary N) is 1. The molecule has 2 heterocycles. The van der Waals surface area contributed by atoms with Crippen LogP contribution in [-0.2, 0) is 11.3 Å². The first-order valence-corrected chi connectivity index (χ1v) is 5.48. The van der Waals surface area contributed by atoms with Crippen molar-refractivity contribution in [1.82, 2.24) is 14.9 Å². The first-order chi connectivity index (χ1) is 8.18. The lowest BCUT2D eigenvalue weighted by atomic mass is 10.3. The van der Waals surface area contributed by atoms with Crippen LogP contribution in [0.1, 0.15) is 24.6 Å². The molecule has 2 aromatic rings. The van der Waals surface area contributed by atoms with Gasteiger partial charge in [0, 0.05) is 12.4 Å². The van der Waals surface area contributed by atoms with Gasteiger partial charge < -0.3 is 14.3 Å². The Morgan fingerprint density at radius 3 is 3.06 bits per heavy atom. The third kappa shape index (κ3) is 2.55. The Morgan fingerprint density at radius 2 is 2.47 bits per heavy atom. The molecule has 0 aliphatic rings. The monoisotopic (exact) mass is 233 g/mol. The molecule has 1 atom stereocenters. The highest BCUT2D eigenvalue weighted by Crippen LogP contribution is 2.09. The Balaban J connectivity index is 1.94. The van der Waals surface area contributed by atoms with E-state index in [1.165, 1.54) is 0 Å². The second kappa shape index (κ2) is 4.86. The van der Waals surface area contributed by atoms with Gasteiger partial charge in [-0.05, 0) is 26.0 Å². The lowest BCUT2D eigenvalue weighted by molar-refractivity contribution is -0.124. The molecule has 90 valence electrons. The molecule has 2 aromatic heterocycles. The zero-order chi connectivity index (χ0) is 12.3. The summed E-state index contributed by atoms with van der Waals surface area (Å²) in [4.78, 5) is 16.0. The van der Waals surface area contributed by atoms with Crippen LogP contribution in [0.4, 0.5) is 0 Å². The molecule has 0 bridgehead atoms. The van der Waals surface area contributed by atoms with E-state index in [-0.39, 0.29) is 11.9 Å². The molecule has 0 aliphatic carbocycles. The fourth-order valence-electron chi connectivity index (χ4n) is 1.66. The predicted octanol–water partition coefficient (Wildman–Crippen LogP) is 1.66. The van der Waals surface area contributed by atoms with E-state index in [1.807, 2.05) is 24.5 Å². The van der Waals surface area contributed by atoms with Crippen molar-refractivity contribution in [2.24, 2.45) is 0 Å². The second-order valence-corrected chi connectivity index (χ2v) is 3.85. The van der Waals surface area contributed by atoms with Crippen molar-refractivity contribution in [2.45, 2.75) is 26.4 Å². The van der Waals surface area contributed by atoms with E-state index < -0.39 is 0 Å².